The van der Waals surface area contributed by atoms with E-state index in [9.17, 15) is 9.59 Å². The van der Waals surface area contributed by atoms with E-state index in [2.05, 4.69) is 15.0 Å². The van der Waals surface area contributed by atoms with E-state index in [4.69, 9.17) is 0 Å². The van der Waals surface area contributed by atoms with Crippen molar-refractivity contribution in [2.75, 3.05) is 12.4 Å². The summed E-state index contributed by atoms with van der Waals surface area (Å²) in [6.45, 7) is 1.69. The van der Waals surface area contributed by atoms with Gasteiger partial charge < -0.3 is 4.74 Å². The molecule has 2 rings (SSSR count). The summed E-state index contributed by atoms with van der Waals surface area (Å²) in [6, 6.07) is 9.48. The van der Waals surface area contributed by atoms with Crippen LogP contribution in [0.25, 0.3) is 6.08 Å². The molecule has 1 amide bonds. The number of hydrogen-bond donors (Lipinski definition) is 1. The normalized spacial score (nSPS) is 10.6. The van der Waals surface area contributed by atoms with Crippen LogP contribution in [0.15, 0.2) is 36.4 Å². The molecule has 0 aliphatic heterocycles. The predicted molar refractivity (Wildman–Crippen MR) is 82.3 cm³/mol. The van der Waals surface area contributed by atoms with Gasteiger partial charge in [-0.05, 0) is 18.6 Å². The molecule has 1 heterocycles. The lowest BCUT2D eigenvalue weighted by Crippen LogP contribution is -2.07. The number of nitrogens with one attached hydrogen (secondary N) is 1. The summed E-state index contributed by atoms with van der Waals surface area (Å²) in [5.74, 6) is -0.755. The Morgan fingerprint density at radius 1 is 1.29 bits per heavy atom. The number of hydrogen-bond acceptors (Lipinski definition) is 5. The molecule has 6 heteroatoms. The smallest absolute Gasteiger partial charge is 0.350 e. The molecule has 108 valence electrons. The number of carbonyl (C=O) groups is 2. The molecule has 5 nitrogen and oxygen atoms in total. The van der Waals surface area contributed by atoms with E-state index < -0.39 is 5.97 Å². The van der Waals surface area contributed by atoms with Crippen LogP contribution in [-0.4, -0.2) is 24.0 Å². The Balaban J connectivity index is 2.03. The molecule has 1 aromatic heterocycles. The van der Waals surface area contributed by atoms with Gasteiger partial charge >= 0.3 is 5.97 Å². The summed E-state index contributed by atoms with van der Waals surface area (Å²) in [4.78, 5) is 27.8. The number of rotatable bonds is 4. The van der Waals surface area contributed by atoms with Crippen molar-refractivity contribution in [1.82, 2.24) is 4.98 Å². The van der Waals surface area contributed by atoms with Crippen LogP contribution < -0.4 is 5.32 Å². The zero-order chi connectivity index (χ0) is 15.2. The van der Waals surface area contributed by atoms with Crippen LogP contribution in [0.5, 0.6) is 0 Å². The highest BCUT2D eigenvalue weighted by Crippen LogP contribution is 2.23. The fraction of sp³-hybridized carbons (Fsp3) is 0.133. The van der Waals surface area contributed by atoms with Crippen molar-refractivity contribution in [1.29, 1.82) is 0 Å². The maximum atomic E-state index is 11.8. The maximum absolute atomic E-state index is 11.8. The lowest BCUT2D eigenvalue weighted by Gasteiger charge is -1.96. The third kappa shape index (κ3) is 4.00. The fourth-order valence-electron chi connectivity index (χ4n) is 1.62. The van der Waals surface area contributed by atoms with Crippen molar-refractivity contribution in [2.24, 2.45) is 0 Å². The van der Waals surface area contributed by atoms with Gasteiger partial charge in [-0.15, -0.1) is 0 Å². The number of benzene rings is 1. The minimum Gasteiger partial charge on any atom is -0.465 e. The molecular weight excluding hydrogens is 288 g/mol. The monoisotopic (exact) mass is 302 g/mol. The first-order valence-electron chi connectivity index (χ1n) is 6.20. The molecule has 21 heavy (non-hydrogen) atoms. The molecule has 0 saturated carbocycles. The first kappa shape index (κ1) is 14.9. The van der Waals surface area contributed by atoms with Crippen molar-refractivity contribution in [3.8, 4) is 0 Å². The van der Waals surface area contributed by atoms with Crippen LogP contribution in [-0.2, 0) is 9.53 Å². The number of aromatic nitrogens is 1. The van der Waals surface area contributed by atoms with Gasteiger partial charge in [0.2, 0.25) is 5.91 Å². The van der Waals surface area contributed by atoms with Gasteiger partial charge in [0.05, 0.1) is 12.8 Å². The Kier molecular flexibility index (Phi) is 4.84. The average molecular weight is 302 g/mol. The van der Waals surface area contributed by atoms with Gasteiger partial charge in [0.15, 0.2) is 5.13 Å². The summed E-state index contributed by atoms with van der Waals surface area (Å²) >= 11 is 1.09. The molecule has 0 fully saturated rings. The largest absolute Gasteiger partial charge is 0.465 e. The van der Waals surface area contributed by atoms with Crippen LogP contribution in [0, 0.1) is 6.92 Å². The molecule has 0 aliphatic rings. The van der Waals surface area contributed by atoms with Crippen LogP contribution in [0.1, 0.15) is 20.9 Å². The Morgan fingerprint density at radius 3 is 2.67 bits per heavy atom. The summed E-state index contributed by atoms with van der Waals surface area (Å²) in [5, 5.41) is 3.00. The van der Waals surface area contributed by atoms with Crippen LogP contribution in [0.2, 0.25) is 0 Å². The Hall–Kier alpha value is -2.47. The van der Waals surface area contributed by atoms with Gasteiger partial charge in [-0.25, -0.2) is 9.78 Å². The van der Waals surface area contributed by atoms with Gasteiger partial charge in [0.1, 0.15) is 4.88 Å². The zero-order valence-corrected chi connectivity index (χ0v) is 12.4. The highest BCUT2D eigenvalue weighted by atomic mass is 32.1. The average Bonchev–Trinajstić information content (AvgIpc) is 2.86. The van der Waals surface area contributed by atoms with Gasteiger partial charge in [0.25, 0.3) is 0 Å². The van der Waals surface area contributed by atoms with E-state index in [0.717, 1.165) is 16.9 Å². The summed E-state index contributed by atoms with van der Waals surface area (Å²) in [5.41, 5.74) is 1.47. The van der Waals surface area contributed by atoms with E-state index in [1.165, 1.54) is 13.2 Å². The third-order valence-electron chi connectivity index (χ3n) is 2.62. The molecule has 0 spiro atoms. The van der Waals surface area contributed by atoms with Crippen molar-refractivity contribution in [3.05, 3.63) is 52.5 Å². The highest BCUT2D eigenvalue weighted by Gasteiger charge is 2.16. The Bertz CT molecular complexity index is 677. The summed E-state index contributed by atoms with van der Waals surface area (Å²) in [7, 11) is 1.31. The molecule has 0 aliphatic carbocycles. The standard InChI is InChI=1S/C15H14N2O3S/c1-10-13(14(19)20-2)21-15(16-10)17-12(18)9-8-11-6-4-3-5-7-11/h3-9H,1-2H3,(H,16,17,18). The van der Waals surface area contributed by atoms with Crippen LogP contribution in [0.4, 0.5) is 5.13 Å². The maximum Gasteiger partial charge on any atom is 0.350 e. The second kappa shape index (κ2) is 6.81. The molecule has 0 radical (unpaired) electrons. The molecular formula is C15H14N2O3S. The molecule has 1 aromatic carbocycles. The SMILES string of the molecule is COC(=O)c1sc(NC(=O)C=Cc2ccccc2)nc1C. The molecule has 0 unspecified atom stereocenters. The van der Waals surface area contributed by atoms with Crippen molar-refractivity contribution < 1.29 is 14.3 Å². The van der Waals surface area contributed by atoms with Crippen molar-refractivity contribution in [2.45, 2.75) is 6.92 Å². The highest BCUT2D eigenvalue weighted by molar-refractivity contribution is 7.17. The number of thiazole rings is 1. The number of aryl methyl sites for hydroxylation is 1. The van der Waals surface area contributed by atoms with Crippen LogP contribution in [0.3, 0.4) is 0 Å². The molecule has 2 aromatic rings. The zero-order valence-electron chi connectivity index (χ0n) is 11.6. The molecule has 0 saturated heterocycles. The molecule has 0 atom stereocenters. The lowest BCUT2D eigenvalue weighted by molar-refractivity contribution is -0.111. The van der Waals surface area contributed by atoms with E-state index in [-0.39, 0.29) is 5.91 Å². The second-order valence-corrected chi connectivity index (χ2v) is 5.16. The number of nitrogens with zero attached hydrogens (tertiary/aromatic N) is 1. The Labute approximate surface area is 126 Å². The first-order valence-corrected chi connectivity index (χ1v) is 7.01. The van der Waals surface area contributed by atoms with Gasteiger partial charge in [-0.1, -0.05) is 41.7 Å². The second-order valence-electron chi connectivity index (χ2n) is 4.16. The summed E-state index contributed by atoms with van der Waals surface area (Å²) < 4.78 is 4.65. The topological polar surface area (TPSA) is 68.3 Å². The molecule has 0 bridgehead atoms. The quantitative estimate of drug-likeness (QED) is 0.696. The van der Waals surface area contributed by atoms with Gasteiger partial charge in [-0.2, -0.15) is 0 Å². The van der Waals surface area contributed by atoms with Gasteiger partial charge in [-0.3, -0.25) is 10.1 Å². The number of methoxy groups -OCH3 is 1. The van der Waals surface area contributed by atoms with Crippen LogP contribution >= 0.6 is 11.3 Å². The third-order valence-corrected chi connectivity index (χ3v) is 3.68. The summed E-state index contributed by atoms with van der Waals surface area (Å²) in [6.07, 6.45) is 3.13. The van der Waals surface area contributed by atoms with E-state index >= 15 is 0 Å². The van der Waals surface area contributed by atoms with Crippen molar-refractivity contribution in [3.63, 3.8) is 0 Å². The van der Waals surface area contributed by atoms with E-state index in [0.29, 0.717) is 15.7 Å². The first-order chi connectivity index (χ1) is 10.1. The van der Waals surface area contributed by atoms with E-state index in [1.54, 1.807) is 13.0 Å². The minimum atomic E-state index is -0.453. The number of carbonyl (C=O) groups excluding carboxylic acids is 2. The Morgan fingerprint density at radius 2 is 2.00 bits per heavy atom. The predicted octanol–water partition coefficient (Wildman–Crippen LogP) is 2.89. The number of ether oxygens (including phenoxy) is 1. The molecule has 1 N–H and O–H groups in total. The number of anilines is 1. The fourth-order valence-corrected chi connectivity index (χ4v) is 2.50. The number of esters is 1. The number of amides is 1. The van der Waals surface area contributed by atoms with E-state index in [1.807, 2.05) is 30.3 Å². The van der Waals surface area contributed by atoms with Crippen molar-refractivity contribution >= 4 is 34.4 Å². The minimum absolute atomic E-state index is 0.302. The van der Waals surface area contributed by atoms with Gasteiger partial charge in [0, 0.05) is 6.08 Å². The lowest BCUT2D eigenvalue weighted by atomic mass is 10.2.